The van der Waals surface area contributed by atoms with E-state index in [4.69, 9.17) is 4.74 Å². The number of ether oxygens (including phenoxy) is 1. The number of rotatable bonds is 1. The van der Waals surface area contributed by atoms with Gasteiger partial charge in [0.1, 0.15) is 17.7 Å². The lowest BCUT2D eigenvalue weighted by molar-refractivity contribution is 0.204. The Kier molecular flexibility index (Phi) is 3.42. The van der Waals surface area contributed by atoms with Crippen molar-refractivity contribution in [2.75, 3.05) is 11.9 Å². The standard InChI is InChI=1S/C16H15BrFNO/c1-9-5-10(2)16-14(6-9)19-8-15(20-16)12-4-3-11(17)7-13(12)18/h3-7,15,19H,8H2,1-2H3. The zero-order valence-corrected chi connectivity index (χ0v) is 12.9. The van der Waals surface area contributed by atoms with Crippen LogP contribution in [0, 0.1) is 19.7 Å². The van der Waals surface area contributed by atoms with E-state index in [1.165, 1.54) is 11.6 Å². The molecule has 1 unspecified atom stereocenters. The molecule has 2 nitrogen and oxygen atoms in total. The maximum atomic E-state index is 14.0. The van der Waals surface area contributed by atoms with E-state index in [0.29, 0.717) is 12.1 Å². The minimum Gasteiger partial charge on any atom is -0.481 e. The fourth-order valence-corrected chi connectivity index (χ4v) is 2.90. The predicted molar refractivity (Wildman–Crippen MR) is 81.9 cm³/mol. The second-order valence-corrected chi connectivity index (χ2v) is 6.03. The molecule has 4 heteroatoms. The van der Waals surface area contributed by atoms with Gasteiger partial charge in [-0.25, -0.2) is 4.39 Å². The normalized spacial score (nSPS) is 17.1. The summed E-state index contributed by atoms with van der Waals surface area (Å²) in [5.41, 5.74) is 3.81. The van der Waals surface area contributed by atoms with Gasteiger partial charge in [-0.3, -0.25) is 0 Å². The van der Waals surface area contributed by atoms with Gasteiger partial charge in [-0.05, 0) is 43.2 Å². The topological polar surface area (TPSA) is 21.3 Å². The van der Waals surface area contributed by atoms with E-state index in [1.54, 1.807) is 6.07 Å². The monoisotopic (exact) mass is 335 g/mol. The van der Waals surface area contributed by atoms with Crippen LogP contribution >= 0.6 is 15.9 Å². The maximum absolute atomic E-state index is 14.0. The Bertz CT molecular complexity index is 672. The zero-order chi connectivity index (χ0) is 14.3. The van der Waals surface area contributed by atoms with Crippen LogP contribution in [0.2, 0.25) is 0 Å². The van der Waals surface area contributed by atoms with Crippen LogP contribution in [0.5, 0.6) is 5.75 Å². The number of hydrogen-bond donors (Lipinski definition) is 1. The molecular formula is C16H15BrFNO. The van der Waals surface area contributed by atoms with Crippen LogP contribution in [-0.2, 0) is 0 Å². The third-order valence-corrected chi connectivity index (χ3v) is 3.96. The van der Waals surface area contributed by atoms with Crippen LogP contribution in [0.4, 0.5) is 10.1 Å². The molecule has 0 fully saturated rings. The van der Waals surface area contributed by atoms with Gasteiger partial charge in [0.25, 0.3) is 0 Å². The van der Waals surface area contributed by atoms with Crippen LogP contribution < -0.4 is 10.1 Å². The van der Waals surface area contributed by atoms with E-state index in [1.807, 2.05) is 13.0 Å². The summed E-state index contributed by atoms with van der Waals surface area (Å²) in [6, 6.07) is 9.19. The number of nitrogens with one attached hydrogen (secondary N) is 1. The Labute approximate surface area is 126 Å². The number of benzene rings is 2. The SMILES string of the molecule is Cc1cc(C)c2c(c1)NCC(c1ccc(Br)cc1F)O2. The highest BCUT2D eigenvalue weighted by Crippen LogP contribution is 2.38. The summed E-state index contributed by atoms with van der Waals surface area (Å²) >= 11 is 3.27. The number of hydrogen-bond acceptors (Lipinski definition) is 2. The van der Waals surface area contributed by atoms with Gasteiger partial charge >= 0.3 is 0 Å². The molecule has 2 aromatic rings. The largest absolute Gasteiger partial charge is 0.481 e. The highest BCUT2D eigenvalue weighted by atomic mass is 79.9. The van der Waals surface area contributed by atoms with Crippen molar-refractivity contribution in [2.45, 2.75) is 20.0 Å². The highest BCUT2D eigenvalue weighted by Gasteiger charge is 2.24. The molecule has 0 spiro atoms. The molecule has 1 atom stereocenters. The molecule has 2 aromatic carbocycles. The van der Waals surface area contributed by atoms with Crippen LogP contribution in [0.25, 0.3) is 0 Å². The van der Waals surface area contributed by atoms with Crippen molar-refractivity contribution < 1.29 is 9.13 Å². The molecule has 1 aliphatic heterocycles. The summed E-state index contributed by atoms with van der Waals surface area (Å²) in [6.07, 6.45) is -0.308. The van der Waals surface area contributed by atoms with E-state index in [9.17, 15) is 4.39 Å². The molecule has 0 aromatic heterocycles. The number of anilines is 1. The molecule has 0 saturated carbocycles. The van der Waals surface area contributed by atoms with Crippen molar-refractivity contribution in [1.82, 2.24) is 0 Å². The molecule has 0 aliphatic carbocycles. The number of halogens is 2. The Morgan fingerprint density at radius 2 is 2.05 bits per heavy atom. The third kappa shape index (κ3) is 2.40. The van der Waals surface area contributed by atoms with Crippen LogP contribution in [0.1, 0.15) is 22.8 Å². The lowest BCUT2D eigenvalue weighted by atomic mass is 10.0. The number of aryl methyl sites for hydroxylation is 2. The molecule has 3 rings (SSSR count). The van der Waals surface area contributed by atoms with Crippen molar-refractivity contribution in [3.8, 4) is 5.75 Å². The summed E-state index contributed by atoms with van der Waals surface area (Å²) in [4.78, 5) is 0. The molecule has 0 radical (unpaired) electrons. The van der Waals surface area contributed by atoms with Crippen molar-refractivity contribution >= 4 is 21.6 Å². The smallest absolute Gasteiger partial charge is 0.146 e. The summed E-state index contributed by atoms with van der Waals surface area (Å²) in [5.74, 6) is 0.563. The fourth-order valence-electron chi connectivity index (χ4n) is 2.56. The lowest BCUT2D eigenvalue weighted by Gasteiger charge is -2.29. The first-order valence-electron chi connectivity index (χ1n) is 6.51. The summed E-state index contributed by atoms with van der Waals surface area (Å²) in [7, 11) is 0. The Morgan fingerprint density at radius 3 is 2.80 bits per heavy atom. The van der Waals surface area contributed by atoms with Gasteiger partial charge in [-0.15, -0.1) is 0 Å². The van der Waals surface area contributed by atoms with Crippen molar-refractivity contribution in [3.05, 3.63) is 57.3 Å². The molecular weight excluding hydrogens is 321 g/mol. The number of fused-ring (bicyclic) bond motifs is 1. The molecule has 0 amide bonds. The van der Waals surface area contributed by atoms with Gasteiger partial charge in [0, 0.05) is 10.0 Å². The van der Waals surface area contributed by atoms with Gasteiger partial charge in [0.05, 0.1) is 12.2 Å². The summed E-state index contributed by atoms with van der Waals surface area (Å²) in [5, 5.41) is 3.33. The molecule has 0 saturated heterocycles. The molecule has 1 aliphatic rings. The van der Waals surface area contributed by atoms with E-state index in [2.05, 4.69) is 40.3 Å². The van der Waals surface area contributed by atoms with Gasteiger partial charge in [0.2, 0.25) is 0 Å². The summed E-state index contributed by atoms with van der Waals surface area (Å²) in [6.45, 7) is 4.62. The van der Waals surface area contributed by atoms with E-state index in [0.717, 1.165) is 21.5 Å². The first-order chi connectivity index (χ1) is 9.54. The second kappa shape index (κ2) is 5.09. The van der Waals surface area contributed by atoms with Crippen LogP contribution in [-0.4, -0.2) is 6.54 Å². The summed E-state index contributed by atoms with van der Waals surface area (Å²) < 4.78 is 20.8. The van der Waals surface area contributed by atoms with Crippen molar-refractivity contribution in [3.63, 3.8) is 0 Å². The van der Waals surface area contributed by atoms with Crippen LogP contribution in [0.3, 0.4) is 0 Å². The minimum absolute atomic E-state index is 0.251. The van der Waals surface area contributed by atoms with Crippen LogP contribution in [0.15, 0.2) is 34.8 Å². The fraction of sp³-hybridized carbons (Fsp3) is 0.250. The van der Waals surface area contributed by atoms with E-state index >= 15 is 0 Å². The average molecular weight is 336 g/mol. The van der Waals surface area contributed by atoms with Gasteiger partial charge < -0.3 is 10.1 Å². The molecule has 0 bridgehead atoms. The van der Waals surface area contributed by atoms with Gasteiger partial charge in [-0.2, -0.15) is 0 Å². The lowest BCUT2D eigenvalue weighted by Crippen LogP contribution is -2.25. The Morgan fingerprint density at radius 1 is 1.25 bits per heavy atom. The van der Waals surface area contributed by atoms with Gasteiger partial charge in [-0.1, -0.05) is 28.1 Å². The van der Waals surface area contributed by atoms with Crippen molar-refractivity contribution in [2.24, 2.45) is 0 Å². The van der Waals surface area contributed by atoms with E-state index < -0.39 is 0 Å². The quantitative estimate of drug-likeness (QED) is 0.811. The average Bonchev–Trinajstić information content (AvgIpc) is 2.38. The molecule has 1 N–H and O–H groups in total. The minimum atomic E-state index is -0.308. The molecule has 104 valence electrons. The third-order valence-electron chi connectivity index (χ3n) is 3.47. The molecule has 20 heavy (non-hydrogen) atoms. The molecule has 1 heterocycles. The van der Waals surface area contributed by atoms with Crippen molar-refractivity contribution in [1.29, 1.82) is 0 Å². The first kappa shape index (κ1) is 13.4. The Balaban J connectivity index is 1.96. The Hall–Kier alpha value is -1.55. The highest BCUT2D eigenvalue weighted by molar-refractivity contribution is 9.10. The maximum Gasteiger partial charge on any atom is 0.146 e. The first-order valence-corrected chi connectivity index (χ1v) is 7.30. The predicted octanol–water partition coefficient (Wildman–Crippen LogP) is 4.75. The second-order valence-electron chi connectivity index (χ2n) is 5.11. The van der Waals surface area contributed by atoms with Gasteiger partial charge in [0.15, 0.2) is 0 Å². The van der Waals surface area contributed by atoms with E-state index in [-0.39, 0.29) is 11.9 Å². The zero-order valence-electron chi connectivity index (χ0n) is 11.3.